The molecule has 0 saturated carbocycles. The third-order valence-corrected chi connectivity index (χ3v) is 11.9. The summed E-state index contributed by atoms with van der Waals surface area (Å²) in [6, 6.07) is 5.65. The van der Waals surface area contributed by atoms with Gasteiger partial charge in [0.15, 0.2) is 19.8 Å². The predicted octanol–water partition coefficient (Wildman–Crippen LogP) is 6.59. The quantitative estimate of drug-likeness (QED) is 0.440. The Labute approximate surface area is 200 Å². The number of fused-ring (bicyclic) bond motifs is 1. The van der Waals surface area contributed by atoms with Crippen molar-refractivity contribution >= 4 is 25.7 Å². The van der Waals surface area contributed by atoms with Crippen molar-refractivity contribution in [2.75, 3.05) is 0 Å². The van der Waals surface area contributed by atoms with E-state index in [1.54, 1.807) is 6.07 Å². The largest absolute Gasteiger partial charge is 0.413 e. The van der Waals surface area contributed by atoms with Crippen LogP contribution < -0.4 is 0 Å². The Kier molecular flexibility index (Phi) is 7.49. The van der Waals surface area contributed by atoms with Crippen LogP contribution in [0.3, 0.4) is 0 Å². The number of aliphatic hydroxyl groups excluding tert-OH is 1. The van der Waals surface area contributed by atoms with Crippen LogP contribution in [0.15, 0.2) is 30.5 Å². The summed E-state index contributed by atoms with van der Waals surface area (Å²) in [5.41, 5.74) is -0.710. The SMILES string of the molecule is CC(C)(C)[Si](C)(C)OCc1cc(F)cc(Cl)c1CCC(=O)[C@]1(F)CC[C@H](O)c2ncccc21. The van der Waals surface area contributed by atoms with Gasteiger partial charge in [-0.1, -0.05) is 38.4 Å². The average Bonchev–Trinajstić information content (AvgIpc) is 2.73. The molecule has 0 bridgehead atoms. The van der Waals surface area contributed by atoms with Gasteiger partial charge in [0.25, 0.3) is 0 Å². The van der Waals surface area contributed by atoms with Crippen molar-refractivity contribution in [1.82, 2.24) is 4.98 Å². The van der Waals surface area contributed by atoms with Gasteiger partial charge >= 0.3 is 0 Å². The number of Topliss-reactive ketones (excluding diaryl/α,β-unsaturated/α-hetero) is 1. The Balaban J connectivity index is 1.82. The van der Waals surface area contributed by atoms with Gasteiger partial charge < -0.3 is 9.53 Å². The van der Waals surface area contributed by atoms with Gasteiger partial charge in [0.2, 0.25) is 0 Å². The number of aromatic nitrogens is 1. The van der Waals surface area contributed by atoms with Crippen molar-refractivity contribution in [3.63, 3.8) is 0 Å². The minimum atomic E-state index is -2.22. The molecule has 0 saturated heterocycles. The van der Waals surface area contributed by atoms with Gasteiger partial charge in [-0.2, -0.15) is 0 Å². The van der Waals surface area contributed by atoms with Gasteiger partial charge in [0.1, 0.15) is 5.82 Å². The first-order valence-corrected chi connectivity index (χ1v) is 14.5. The molecule has 1 heterocycles. The number of halogens is 3. The lowest BCUT2D eigenvalue weighted by molar-refractivity contribution is -0.133. The van der Waals surface area contributed by atoms with Gasteiger partial charge in [0.05, 0.1) is 18.4 Å². The van der Waals surface area contributed by atoms with Gasteiger partial charge in [-0.15, -0.1) is 0 Å². The molecule has 3 rings (SSSR count). The van der Waals surface area contributed by atoms with E-state index < -0.39 is 31.7 Å². The Bertz CT molecular complexity index is 1040. The molecule has 1 aromatic carbocycles. The number of benzene rings is 1. The highest BCUT2D eigenvalue weighted by Gasteiger charge is 2.46. The van der Waals surface area contributed by atoms with Crippen LogP contribution in [0, 0.1) is 5.82 Å². The third-order valence-electron chi connectivity index (χ3n) is 7.03. The molecule has 2 aromatic rings. The first-order valence-electron chi connectivity index (χ1n) is 11.2. The van der Waals surface area contributed by atoms with E-state index in [1.807, 2.05) is 0 Å². The Morgan fingerprint density at radius 2 is 2.06 bits per heavy atom. The summed E-state index contributed by atoms with van der Waals surface area (Å²) in [6.07, 6.45) is 0.658. The molecule has 1 N–H and O–H groups in total. The summed E-state index contributed by atoms with van der Waals surface area (Å²) >= 11 is 6.35. The van der Waals surface area contributed by atoms with Crippen LogP contribution >= 0.6 is 11.6 Å². The Morgan fingerprint density at radius 1 is 1.36 bits per heavy atom. The average molecular weight is 496 g/mol. The van der Waals surface area contributed by atoms with E-state index >= 15 is 4.39 Å². The second-order valence-electron chi connectivity index (χ2n) is 10.3. The van der Waals surface area contributed by atoms with Crippen LogP contribution in [0.4, 0.5) is 8.78 Å². The number of ketones is 1. The smallest absolute Gasteiger partial charge is 0.195 e. The molecule has 1 aromatic heterocycles. The predicted molar refractivity (Wildman–Crippen MR) is 128 cm³/mol. The molecule has 1 aliphatic rings. The molecule has 0 spiro atoms. The summed E-state index contributed by atoms with van der Waals surface area (Å²) in [5, 5.41) is 10.3. The summed E-state index contributed by atoms with van der Waals surface area (Å²) < 4.78 is 36.3. The fraction of sp³-hybridized carbons (Fsp3) is 0.520. The first-order chi connectivity index (χ1) is 15.3. The molecule has 180 valence electrons. The van der Waals surface area contributed by atoms with Crippen molar-refractivity contribution < 1.29 is 23.1 Å². The molecule has 0 aliphatic heterocycles. The molecule has 0 amide bonds. The monoisotopic (exact) mass is 495 g/mol. The summed E-state index contributed by atoms with van der Waals surface area (Å²) in [4.78, 5) is 17.2. The fourth-order valence-electron chi connectivity index (χ4n) is 3.89. The minimum absolute atomic E-state index is 0.0200. The van der Waals surface area contributed by atoms with E-state index in [0.29, 0.717) is 11.1 Å². The summed E-state index contributed by atoms with van der Waals surface area (Å²) in [6.45, 7) is 10.7. The van der Waals surface area contributed by atoms with Crippen LogP contribution in [0.5, 0.6) is 0 Å². The van der Waals surface area contributed by atoms with Crippen molar-refractivity contribution in [3.05, 3.63) is 63.7 Å². The molecular weight excluding hydrogens is 464 g/mol. The van der Waals surface area contributed by atoms with E-state index in [1.165, 1.54) is 24.4 Å². The molecule has 4 nitrogen and oxygen atoms in total. The number of rotatable bonds is 7. The number of carbonyl (C=O) groups is 1. The van der Waals surface area contributed by atoms with Crippen molar-refractivity contribution in [3.8, 4) is 0 Å². The van der Waals surface area contributed by atoms with E-state index in [9.17, 15) is 14.3 Å². The molecule has 33 heavy (non-hydrogen) atoms. The van der Waals surface area contributed by atoms with E-state index in [4.69, 9.17) is 16.0 Å². The van der Waals surface area contributed by atoms with Crippen LogP contribution in [-0.4, -0.2) is 24.2 Å². The highest BCUT2D eigenvalue weighted by molar-refractivity contribution is 6.74. The fourth-order valence-corrected chi connectivity index (χ4v) is 5.16. The zero-order chi connectivity index (χ0) is 24.6. The van der Waals surface area contributed by atoms with Gasteiger partial charge in [-0.3, -0.25) is 9.78 Å². The van der Waals surface area contributed by atoms with Gasteiger partial charge in [-0.05, 0) is 66.7 Å². The number of hydrogen-bond acceptors (Lipinski definition) is 4. The molecule has 0 unspecified atom stereocenters. The maximum absolute atomic E-state index is 15.9. The molecular formula is C25H32ClF2NO3Si. The molecule has 0 fully saturated rings. The molecule has 1 aliphatic carbocycles. The van der Waals surface area contributed by atoms with Crippen molar-refractivity contribution in [1.29, 1.82) is 0 Å². The first kappa shape index (κ1) is 25.9. The van der Waals surface area contributed by atoms with Gasteiger partial charge in [-0.25, -0.2) is 8.78 Å². The minimum Gasteiger partial charge on any atom is -0.413 e. The van der Waals surface area contributed by atoms with E-state index in [-0.39, 0.29) is 53.6 Å². The van der Waals surface area contributed by atoms with Gasteiger partial charge in [0, 0.05) is 23.2 Å². The zero-order valence-electron chi connectivity index (χ0n) is 19.8. The van der Waals surface area contributed by atoms with Crippen LogP contribution in [-0.2, 0) is 27.9 Å². The highest BCUT2D eigenvalue weighted by atomic mass is 35.5. The van der Waals surface area contributed by atoms with Crippen molar-refractivity contribution in [2.45, 2.75) is 83.0 Å². The normalized spacial score (nSPS) is 21.1. The standard InChI is InChI=1S/C25H32ClF2NO3Si/c1-24(2,3)33(4,5)32-15-16-13-17(27)14-20(26)18(16)8-9-22(31)25(28)11-10-21(30)23-19(25)7-6-12-29-23/h6-7,12-14,21,30H,8-11,15H2,1-5H3/t21-,25-/m0/s1. The number of hydrogen-bond donors (Lipinski definition) is 1. The lowest BCUT2D eigenvalue weighted by Gasteiger charge is -2.36. The highest BCUT2D eigenvalue weighted by Crippen LogP contribution is 2.44. The molecule has 8 heteroatoms. The number of pyridine rings is 1. The number of carbonyl (C=O) groups excluding carboxylic acids is 1. The Morgan fingerprint density at radius 3 is 2.73 bits per heavy atom. The summed E-state index contributed by atoms with van der Waals surface area (Å²) in [7, 11) is -2.10. The zero-order valence-corrected chi connectivity index (χ0v) is 21.6. The van der Waals surface area contributed by atoms with E-state index in [0.717, 1.165) is 0 Å². The second kappa shape index (κ2) is 9.53. The second-order valence-corrected chi connectivity index (χ2v) is 15.5. The number of aliphatic hydroxyl groups is 1. The number of nitrogens with zero attached hydrogens (tertiary/aromatic N) is 1. The van der Waals surface area contributed by atoms with Crippen molar-refractivity contribution in [2.24, 2.45) is 0 Å². The van der Waals surface area contributed by atoms with Crippen LogP contribution in [0.2, 0.25) is 23.2 Å². The Hall–Kier alpha value is -1.67. The lowest BCUT2D eigenvalue weighted by atomic mass is 9.77. The molecule has 0 radical (unpaired) electrons. The topological polar surface area (TPSA) is 59.4 Å². The third kappa shape index (κ3) is 5.37. The van der Waals surface area contributed by atoms with E-state index in [2.05, 4.69) is 38.8 Å². The van der Waals surface area contributed by atoms with Crippen LogP contribution in [0.25, 0.3) is 0 Å². The van der Waals surface area contributed by atoms with Crippen LogP contribution in [0.1, 0.15) is 68.5 Å². The maximum atomic E-state index is 15.9. The number of alkyl halides is 1. The maximum Gasteiger partial charge on any atom is 0.195 e. The summed E-state index contributed by atoms with van der Waals surface area (Å²) in [5.74, 6) is -1.08. The lowest BCUT2D eigenvalue weighted by Crippen LogP contribution is -2.40. The molecule has 2 atom stereocenters.